The van der Waals surface area contributed by atoms with E-state index in [1.54, 1.807) is 0 Å². The van der Waals surface area contributed by atoms with Gasteiger partial charge in [-0.2, -0.15) is 0 Å². The minimum Gasteiger partial charge on any atom is -0.349 e. The molecule has 1 aromatic carbocycles. The monoisotopic (exact) mass is 179 g/mol. The molecule has 1 nitrogen and oxygen atoms in total. The van der Waals surface area contributed by atoms with Crippen LogP contribution in [0.5, 0.6) is 0 Å². The van der Waals surface area contributed by atoms with Crippen LogP contribution in [0.25, 0.3) is 0 Å². The summed E-state index contributed by atoms with van der Waals surface area (Å²) < 4.78 is 0. The Morgan fingerprint density at radius 2 is 1.58 bits per heavy atom. The summed E-state index contributed by atoms with van der Waals surface area (Å²) in [7, 11) is -1.25. The summed E-state index contributed by atoms with van der Waals surface area (Å²) in [4.78, 5) is 0. The first-order chi connectivity index (χ1) is 5.52. The molecule has 66 valence electrons. The molecule has 0 aliphatic heterocycles. The molecule has 0 aromatic heterocycles. The van der Waals surface area contributed by atoms with Gasteiger partial charge in [-0.15, -0.1) is 0 Å². The van der Waals surface area contributed by atoms with Crippen molar-refractivity contribution in [1.29, 1.82) is 0 Å². The highest BCUT2D eigenvalue weighted by Gasteiger charge is 2.23. The van der Waals surface area contributed by atoms with Crippen LogP contribution in [0.3, 0.4) is 0 Å². The van der Waals surface area contributed by atoms with Gasteiger partial charge in [-0.1, -0.05) is 51.1 Å². The molecule has 0 spiro atoms. The molecule has 0 amide bonds. The molecule has 2 N–H and O–H groups in total. The summed E-state index contributed by atoms with van der Waals surface area (Å²) in [6.45, 7) is 6.66. The van der Waals surface area contributed by atoms with Gasteiger partial charge >= 0.3 is 0 Å². The van der Waals surface area contributed by atoms with Gasteiger partial charge in [0.05, 0.1) is 0 Å². The predicted molar refractivity (Wildman–Crippen MR) is 57.1 cm³/mol. The van der Waals surface area contributed by atoms with Crippen LogP contribution in [0.4, 0.5) is 0 Å². The largest absolute Gasteiger partial charge is 0.349 e. The fraction of sp³-hybridized carbons (Fsp3) is 0.400. The lowest BCUT2D eigenvalue weighted by atomic mass is 10.2. The molecule has 0 saturated heterocycles. The molecule has 0 fully saturated rings. The zero-order valence-electron chi connectivity index (χ0n) is 8.04. The number of rotatable bonds is 1. The predicted octanol–water partition coefficient (Wildman–Crippen LogP) is 1.38. The number of hydrogen-bond donors (Lipinski definition) is 1. The summed E-state index contributed by atoms with van der Waals surface area (Å²) >= 11 is 0. The van der Waals surface area contributed by atoms with Crippen molar-refractivity contribution in [3.63, 3.8) is 0 Å². The second-order valence-corrected chi connectivity index (χ2v) is 7.61. The Labute approximate surface area is 76.3 Å². The molecule has 0 aliphatic rings. The molecule has 12 heavy (non-hydrogen) atoms. The van der Waals surface area contributed by atoms with Crippen molar-refractivity contribution in [2.24, 2.45) is 5.40 Å². The normalized spacial score (nSPS) is 14.3. The van der Waals surface area contributed by atoms with Gasteiger partial charge in [-0.25, -0.2) is 0 Å². The molecule has 1 atom stereocenters. The number of nitrogens with two attached hydrogens (primary N) is 1. The molecular formula is C10H17NSi. The molecule has 1 unspecified atom stereocenters. The molecule has 0 radical (unpaired) electrons. The summed E-state index contributed by atoms with van der Waals surface area (Å²) in [5, 5.41) is 7.84. The Hall–Kier alpha value is -0.603. The molecule has 2 heteroatoms. The Morgan fingerprint density at radius 1 is 1.08 bits per heavy atom. The zero-order valence-corrected chi connectivity index (χ0v) is 9.20. The molecular weight excluding hydrogens is 162 g/mol. The van der Waals surface area contributed by atoms with Crippen molar-refractivity contribution >= 4 is 14.1 Å². The van der Waals surface area contributed by atoms with Crippen LogP contribution >= 0.6 is 0 Å². The summed E-state index contributed by atoms with van der Waals surface area (Å²) in [5.41, 5.74) is 0. The van der Waals surface area contributed by atoms with Gasteiger partial charge in [-0.3, -0.25) is 0 Å². The van der Waals surface area contributed by atoms with Crippen molar-refractivity contribution in [2.75, 3.05) is 0 Å². The van der Waals surface area contributed by atoms with E-state index in [0.717, 1.165) is 0 Å². The first-order valence-electron chi connectivity index (χ1n) is 4.32. The molecule has 0 aliphatic carbocycles. The first kappa shape index (κ1) is 9.48. The van der Waals surface area contributed by atoms with E-state index in [1.165, 1.54) is 5.19 Å². The fourth-order valence-electron chi connectivity index (χ4n) is 1.16. The molecule has 1 rings (SSSR count). The van der Waals surface area contributed by atoms with Gasteiger partial charge in [0.2, 0.25) is 0 Å². The van der Waals surface area contributed by atoms with Gasteiger partial charge in [0.15, 0.2) is 0 Å². The van der Waals surface area contributed by atoms with E-state index >= 15 is 0 Å². The molecule has 0 saturated carbocycles. The van der Waals surface area contributed by atoms with Gasteiger partial charge in [0.25, 0.3) is 0 Å². The van der Waals surface area contributed by atoms with Crippen molar-refractivity contribution in [3.05, 3.63) is 30.3 Å². The van der Waals surface area contributed by atoms with Gasteiger partial charge in [0, 0.05) is 0 Å². The van der Waals surface area contributed by atoms with Crippen molar-refractivity contribution in [3.8, 4) is 0 Å². The Kier molecular flexibility index (Phi) is 2.70. The van der Waals surface area contributed by atoms with Crippen LogP contribution in [-0.4, -0.2) is 8.96 Å². The van der Waals surface area contributed by atoms with Crippen LogP contribution in [0.1, 0.15) is 20.8 Å². The van der Waals surface area contributed by atoms with Crippen molar-refractivity contribution in [2.45, 2.75) is 25.8 Å². The number of hydrogen-bond acceptors (Lipinski definition) is 1. The highest BCUT2D eigenvalue weighted by atomic mass is 28.3. The Balaban J connectivity index is 2.86. The van der Waals surface area contributed by atoms with Crippen LogP contribution < -0.4 is 10.6 Å². The van der Waals surface area contributed by atoms with Crippen molar-refractivity contribution < 1.29 is 0 Å². The van der Waals surface area contributed by atoms with Crippen molar-refractivity contribution in [1.82, 2.24) is 0 Å². The summed E-state index contributed by atoms with van der Waals surface area (Å²) in [6.07, 6.45) is 0. The van der Waals surface area contributed by atoms with Gasteiger partial charge in [-0.05, 0) is 10.2 Å². The van der Waals surface area contributed by atoms with E-state index in [1.807, 2.05) is 6.07 Å². The third-order valence-electron chi connectivity index (χ3n) is 2.09. The van der Waals surface area contributed by atoms with Gasteiger partial charge < -0.3 is 5.40 Å². The lowest BCUT2D eigenvalue weighted by Crippen LogP contribution is -2.47. The first-order valence-corrected chi connectivity index (χ1v) is 6.14. The number of benzene rings is 1. The molecule has 0 bridgehead atoms. The zero-order chi connectivity index (χ0) is 9.19. The average molecular weight is 179 g/mol. The standard InChI is InChI=1S/C10H17NSi/c1-10(2,3)12(11)9-7-5-4-6-8-9/h4-8,12H,11H2,1-3H3. The SMILES string of the molecule is CC(C)(C)[SiH](N)c1ccccc1. The van der Waals surface area contributed by atoms with E-state index in [0.29, 0.717) is 0 Å². The van der Waals surface area contributed by atoms with E-state index in [4.69, 9.17) is 5.40 Å². The van der Waals surface area contributed by atoms with E-state index in [2.05, 4.69) is 45.0 Å². The Morgan fingerprint density at radius 3 is 2.00 bits per heavy atom. The maximum Gasteiger partial charge on any atom is 0.143 e. The second-order valence-electron chi connectivity index (χ2n) is 4.25. The highest BCUT2D eigenvalue weighted by Crippen LogP contribution is 2.23. The highest BCUT2D eigenvalue weighted by molar-refractivity contribution is 6.72. The topological polar surface area (TPSA) is 26.0 Å². The third kappa shape index (κ3) is 2.19. The molecule has 1 aromatic rings. The van der Waals surface area contributed by atoms with E-state index in [9.17, 15) is 0 Å². The fourth-order valence-corrected chi connectivity index (χ4v) is 2.80. The van der Waals surface area contributed by atoms with Crippen LogP contribution in [0.15, 0.2) is 30.3 Å². The third-order valence-corrected chi connectivity index (χ3v) is 5.06. The lowest BCUT2D eigenvalue weighted by Gasteiger charge is -2.25. The summed E-state index contributed by atoms with van der Waals surface area (Å²) in [5.74, 6) is 0. The van der Waals surface area contributed by atoms with Gasteiger partial charge in [0.1, 0.15) is 8.96 Å². The average Bonchev–Trinajstić information content (AvgIpc) is 2.03. The quantitative estimate of drug-likeness (QED) is 0.648. The Bertz CT molecular complexity index is 238. The summed E-state index contributed by atoms with van der Waals surface area (Å²) in [6, 6.07) is 10.4. The minimum atomic E-state index is -1.25. The molecule has 0 heterocycles. The minimum absolute atomic E-state index is 0.279. The maximum absolute atomic E-state index is 6.21. The van der Waals surface area contributed by atoms with Crippen LogP contribution in [0.2, 0.25) is 5.04 Å². The van der Waals surface area contributed by atoms with Crippen LogP contribution in [-0.2, 0) is 0 Å². The second kappa shape index (κ2) is 3.41. The lowest BCUT2D eigenvalue weighted by molar-refractivity contribution is 0.742. The van der Waals surface area contributed by atoms with Crippen LogP contribution in [0, 0.1) is 0 Å². The maximum atomic E-state index is 6.21. The van der Waals surface area contributed by atoms with E-state index < -0.39 is 8.96 Å². The van der Waals surface area contributed by atoms with E-state index in [-0.39, 0.29) is 5.04 Å². The smallest absolute Gasteiger partial charge is 0.143 e.